The van der Waals surface area contributed by atoms with Crippen LogP contribution in [0.5, 0.6) is 0 Å². The van der Waals surface area contributed by atoms with Gasteiger partial charge in [-0.2, -0.15) is 14.0 Å². The van der Waals surface area contributed by atoms with Gasteiger partial charge in [-0.05, 0) is 19.1 Å². The SMILES string of the molecule is CCOC(=O)C(F)(F)c1c(N)ccc(F)c1C#N. The van der Waals surface area contributed by atoms with Gasteiger partial charge in [0.05, 0.1) is 17.7 Å². The van der Waals surface area contributed by atoms with E-state index in [9.17, 15) is 18.0 Å². The number of esters is 1. The highest BCUT2D eigenvalue weighted by molar-refractivity contribution is 5.83. The second kappa shape index (κ2) is 4.96. The molecule has 1 aromatic carbocycles. The number of hydrogen-bond acceptors (Lipinski definition) is 4. The summed E-state index contributed by atoms with van der Waals surface area (Å²) in [5, 5.41) is 8.67. The van der Waals surface area contributed by atoms with Crippen LogP contribution in [0, 0.1) is 17.1 Å². The molecule has 0 heterocycles. The fraction of sp³-hybridized carbons (Fsp3) is 0.273. The number of rotatable bonds is 3. The number of nitrogen functional groups attached to an aromatic ring is 1. The second-order valence-electron chi connectivity index (χ2n) is 3.29. The zero-order valence-electron chi connectivity index (χ0n) is 9.34. The van der Waals surface area contributed by atoms with Crippen LogP contribution in [0.1, 0.15) is 18.1 Å². The van der Waals surface area contributed by atoms with Gasteiger partial charge in [-0.15, -0.1) is 0 Å². The predicted molar refractivity (Wildman–Crippen MR) is 56.1 cm³/mol. The summed E-state index contributed by atoms with van der Waals surface area (Å²) in [4.78, 5) is 11.1. The van der Waals surface area contributed by atoms with Crippen molar-refractivity contribution in [2.75, 3.05) is 12.3 Å². The molecule has 1 aromatic rings. The van der Waals surface area contributed by atoms with Crippen LogP contribution < -0.4 is 5.73 Å². The Balaban J connectivity index is 3.45. The molecule has 0 fully saturated rings. The first-order chi connectivity index (χ1) is 8.36. The smallest absolute Gasteiger partial charge is 0.382 e. The molecule has 2 N–H and O–H groups in total. The van der Waals surface area contributed by atoms with Crippen LogP contribution in [-0.4, -0.2) is 12.6 Å². The second-order valence-corrected chi connectivity index (χ2v) is 3.29. The van der Waals surface area contributed by atoms with E-state index >= 15 is 0 Å². The molecule has 4 nitrogen and oxygen atoms in total. The van der Waals surface area contributed by atoms with E-state index in [0.29, 0.717) is 0 Å². The number of nitrogens with two attached hydrogens (primary N) is 1. The van der Waals surface area contributed by atoms with Gasteiger partial charge in [0.1, 0.15) is 11.9 Å². The first-order valence-corrected chi connectivity index (χ1v) is 4.89. The number of nitriles is 1. The molecule has 0 aliphatic heterocycles. The molecule has 0 aromatic heterocycles. The van der Waals surface area contributed by atoms with Crippen LogP contribution >= 0.6 is 0 Å². The summed E-state index contributed by atoms with van der Waals surface area (Å²) in [6.45, 7) is 1.07. The number of carbonyl (C=O) groups excluding carboxylic acids is 1. The summed E-state index contributed by atoms with van der Waals surface area (Å²) >= 11 is 0. The lowest BCUT2D eigenvalue weighted by atomic mass is 9.99. The minimum Gasteiger partial charge on any atom is -0.461 e. The largest absolute Gasteiger partial charge is 0.461 e. The summed E-state index contributed by atoms with van der Waals surface area (Å²) in [5.74, 6) is -7.22. The molecule has 0 amide bonds. The molecule has 0 bridgehead atoms. The summed E-state index contributed by atoms with van der Waals surface area (Å²) < 4.78 is 44.9. The first-order valence-electron chi connectivity index (χ1n) is 4.89. The van der Waals surface area contributed by atoms with Crippen LogP contribution in [-0.2, 0) is 15.5 Å². The Morgan fingerprint density at radius 3 is 2.67 bits per heavy atom. The Hall–Kier alpha value is -2.23. The van der Waals surface area contributed by atoms with E-state index < -0.39 is 34.5 Å². The Bertz CT molecular complexity index is 524. The number of carbonyl (C=O) groups is 1. The average Bonchev–Trinajstić information content (AvgIpc) is 2.31. The van der Waals surface area contributed by atoms with Crippen molar-refractivity contribution >= 4 is 11.7 Å². The van der Waals surface area contributed by atoms with Gasteiger partial charge in [-0.1, -0.05) is 0 Å². The number of benzene rings is 1. The van der Waals surface area contributed by atoms with Crippen LogP contribution in [0.2, 0.25) is 0 Å². The van der Waals surface area contributed by atoms with E-state index in [4.69, 9.17) is 11.0 Å². The third-order valence-electron chi connectivity index (χ3n) is 2.14. The zero-order valence-corrected chi connectivity index (χ0v) is 9.34. The van der Waals surface area contributed by atoms with Crippen molar-refractivity contribution < 1.29 is 22.7 Å². The fourth-order valence-corrected chi connectivity index (χ4v) is 1.36. The average molecular weight is 258 g/mol. The molecule has 7 heteroatoms. The number of nitrogens with zero attached hydrogens (tertiary/aromatic N) is 1. The van der Waals surface area contributed by atoms with Crippen molar-refractivity contribution in [3.05, 3.63) is 29.1 Å². The monoisotopic (exact) mass is 258 g/mol. The van der Waals surface area contributed by atoms with Crippen molar-refractivity contribution in [3.8, 4) is 6.07 Å². The maximum Gasteiger partial charge on any atom is 0.382 e. The molecule has 96 valence electrons. The topological polar surface area (TPSA) is 76.1 Å². The van der Waals surface area contributed by atoms with Crippen molar-refractivity contribution in [2.24, 2.45) is 0 Å². The van der Waals surface area contributed by atoms with Crippen LogP contribution in [0.4, 0.5) is 18.9 Å². The quantitative estimate of drug-likeness (QED) is 0.664. The Kier molecular flexibility index (Phi) is 3.81. The van der Waals surface area contributed by atoms with E-state index in [1.165, 1.54) is 13.0 Å². The lowest BCUT2D eigenvalue weighted by Gasteiger charge is -2.18. The molecule has 0 saturated heterocycles. The number of ether oxygens (including phenoxy) is 1. The first kappa shape index (κ1) is 13.8. The van der Waals surface area contributed by atoms with Gasteiger partial charge in [0.2, 0.25) is 0 Å². The molecule has 1 rings (SSSR count). The van der Waals surface area contributed by atoms with Crippen LogP contribution in [0.3, 0.4) is 0 Å². The third-order valence-corrected chi connectivity index (χ3v) is 2.14. The van der Waals surface area contributed by atoms with E-state index in [0.717, 1.165) is 12.1 Å². The standard InChI is InChI=1S/C11H9F3N2O2/c1-2-18-10(17)11(13,14)9-6(5-15)7(12)3-4-8(9)16/h3-4H,2,16H2,1H3. The van der Waals surface area contributed by atoms with Gasteiger partial charge in [-0.25, -0.2) is 9.18 Å². The summed E-state index contributed by atoms with van der Waals surface area (Å²) in [7, 11) is 0. The van der Waals surface area contributed by atoms with Crippen molar-refractivity contribution in [3.63, 3.8) is 0 Å². The van der Waals surface area contributed by atoms with Gasteiger partial charge < -0.3 is 10.5 Å². The molecule has 0 spiro atoms. The van der Waals surface area contributed by atoms with E-state index in [2.05, 4.69) is 4.74 Å². The highest BCUT2D eigenvalue weighted by Gasteiger charge is 2.46. The minimum absolute atomic E-state index is 0.272. The van der Waals surface area contributed by atoms with Gasteiger partial charge in [-0.3, -0.25) is 0 Å². The number of alkyl halides is 2. The lowest BCUT2D eigenvalue weighted by Crippen LogP contribution is -2.30. The highest BCUT2D eigenvalue weighted by atomic mass is 19.3. The zero-order chi connectivity index (χ0) is 13.9. The normalized spacial score (nSPS) is 10.8. The Morgan fingerprint density at radius 1 is 1.56 bits per heavy atom. The van der Waals surface area contributed by atoms with E-state index in [-0.39, 0.29) is 6.61 Å². The van der Waals surface area contributed by atoms with E-state index in [1.807, 2.05) is 0 Å². The van der Waals surface area contributed by atoms with Gasteiger partial charge in [0.25, 0.3) is 0 Å². The molecule has 0 aliphatic carbocycles. The molecule has 0 aliphatic rings. The third kappa shape index (κ3) is 2.22. The van der Waals surface area contributed by atoms with Gasteiger partial charge >= 0.3 is 11.9 Å². The van der Waals surface area contributed by atoms with Crippen LogP contribution in [0.25, 0.3) is 0 Å². The van der Waals surface area contributed by atoms with Crippen molar-refractivity contribution in [1.82, 2.24) is 0 Å². The number of hydrogen-bond donors (Lipinski definition) is 1. The maximum absolute atomic E-state index is 13.8. The molecular weight excluding hydrogens is 249 g/mol. The van der Waals surface area contributed by atoms with Crippen molar-refractivity contribution in [1.29, 1.82) is 5.26 Å². The van der Waals surface area contributed by atoms with Gasteiger partial charge in [0.15, 0.2) is 0 Å². The molecule has 18 heavy (non-hydrogen) atoms. The maximum atomic E-state index is 13.8. The molecule has 0 atom stereocenters. The fourth-order valence-electron chi connectivity index (χ4n) is 1.36. The van der Waals surface area contributed by atoms with Gasteiger partial charge in [0, 0.05) is 5.69 Å². The van der Waals surface area contributed by atoms with Crippen molar-refractivity contribution in [2.45, 2.75) is 12.8 Å². The van der Waals surface area contributed by atoms with E-state index in [1.54, 1.807) is 0 Å². The summed E-state index contributed by atoms with van der Waals surface area (Å²) in [5.41, 5.74) is 2.60. The Morgan fingerprint density at radius 2 is 2.17 bits per heavy atom. The molecule has 0 unspecified atom stereocenters. The molecule has 0 radical (unpaired) electrons. The van der Waals surface area contributed by atoms with Crippen LogP contribution in [0.15, 0.2) is 12.1 Å². The Labute approximate surface area is 101 Å². The lowest BCUT2D eigenvalue weighted by molar-refractivity contribution is -0.173. The number of halogens is 3. The summed E-state index contributed by atoms with van der Waals surface area (Å²) in [6.07, 6.45) is 0. The minimum atomic E-state index is -4.17. The molecule has 0 saturated carbocycles. The highest BCUT2D eigenvalue weighted by Crippen LogP contribution is 2.36. The number of anilines is 1. The molecular formula is C11H9F3N2O2. The predicted octanol–water partition coefficient (Wildman–Crippen LogP) is 1.93. The summed E-state index contributed by atoms with van der Waals surface area (Å²) in [6, 6.07) is 2.90.